The van der Waals surface area contributed by atoms with E-state index in [1.165, 1.54) is 6.07 Å². The molecule has 0 radical (unpaired) electrons. The molecule has 0 aliphatic heterocycles. The zero-order valence-electron chi connectivity index (χ0n) is 11.5. The summed E-state index contributed by atoms with van der Waals surface area (Å²) in [6, 6.07) is 10.3. The Morgan fingerprint density at radius 2 is 1.60 bits per heavy atom. The van der Waals surface area contributed by atoms with Gasteiger partial charge in [-0.25, -0.2) is 8.78 Å². The van der Waals surface area contributed by atoms with Gasteiger partial charge in [0.05, 0.1) is 5.56 Å². The molecule has 0 fully saturated rings. The molecule has 0 spiro atoms. The summed E-state index contributed by atoms with van der Waals surface area (Å²) in [5.41, 5.74) is 0.905. The predicted molar refractivity (Wildman–Crippen MR) is 74.9 cm³/mol. The predicted octanol–water partition coefficient (Wildman–Crippen LogP) is 4.71. The molecule has 0 saturated carbocycles. The van der Waals surface area contributed by atoms with Crippen molar-refractivity contribution in [3.05, 3.63) is 70.8 Å². The van der Waals surface area contributed by atoms with Crippen LogP contribution in [0.15, 0.2) is 42.5 Å². The lowest BCUT2D eigenvalue weighted by molar-refractivity contribution is 0.103. The van der Waals surface area contributed by atoms with Crippen molar-refractivity contribution >= 4 is 5.78 Å². The van der Waals surface area contributed by atoms with Crippen molar-refractivity contribution in [2.24, 2.45) is 0 Å². The molecule has 2 aromatic rings. The SMILES string of the molecule is CCC(C)c1ccc(C(=O)c2c(F)cccc2F)cc1. The van der Waals surface area contributed by atoms with Gasteiger partial charge in [-0.15, -0.1) is 0 Å². The van der Waals surface area contributed by atoms with E-state index in [0.29, 0.717) is 11.5 Å². The maximum absolute atomic E-state index is 13.6. The van der Waals surface area contributed by atoms with Gasteiger partial charge in [0, 0.05) is 5.56 Å². The van der Waals surface area contributed by atoms with Crippen LogP contribution in [0, 0.1) is 11.6 Å². The Bertz CT molecular complexity index is 597. The lowest BCUT2D eigenvalue weighted by Crippen LogP contribution is -2.07. The number of halogens is 2. The van der Waals surface area contributed by atoms with Gasteiger partial charge in [-0.1, -0.05) is 44.2 Å². The average Bonchev–Trinajstić information content (AvgIpc) is 2.46. The maximum Gasteiger partial charge on any atom is 0.198 e. The molecule has 0 saturated heterocycles. The van der Waals surface area contributed by atoms with E-state index in [9.17, 15) is 13.6 Å². The summed E-state index contributed by atoms with van der Waals surface area (Å²) in [6.07, 6.45) is 0.995. The minimum atomic E-state index is -0.832. The van der Waals surface area contributed by atoms with Crippen molar-refractivity contribution < 1.29 is 13.6 Å². The summed E-state index contributed by atoms with van der Waals surface area (Å²) in [5, 5.41) is 0. The first-order valence-corrected chi connectivity index (χ1v) is 6.63. The molecular weight excluding hydrogens is 258 g/mol. The van der Waals surface area contributed by atoms with Gasteiger partial charge in [0.25, 0.3) is 0 Å². The summed E-state index contributed by atoms with van der Waals surface area (Å²) in [5.74, 6) is -1.90. The lowest BCUT2D eigenvalue weighted by atomic mass is 9.95. The number of benzene rings is 2. The van der Waals surface area contributed by atoms with Crippen molar-refractivity contribution in [3.8, 4) is 0 Å². The summed E-state index contributed by atoms with van der Waals surface area (Å²) in [6.45, 7) is 4.17. The first-order chi connectivity index (χ1) is 9.54. The van der Waals surface area contributed by atoms with E-state index in [2.05, 4.69) is 13.8 Å². The van der Waals surface area contributed by atoms with Crippen LogP contribution in [-0.2, 0) is 0 Å². The van der Waals surface area contributed by atoms with Gasteiger partial charge in [0.1, 0.15) is 11.6 Å². The maximum atomic E-state index is 13.6. The molecule has 20 heavy (non-hydrogen) atoms. The van der Waals surface area contributed by atoms with E-state index in [4.69, 9.17) is 0 Å². The fraction of sp³-hybridized carbons (Fsp3) is 0.235. The van der Waals surface area contributed by atoms with E-state index >= 15 is 0 Å². The van der Waals surface area contributed by atoms with Crippen LogP contribution in [-0.4, -0.2) is 5.78 Å². The van der Waals surface area contributed by atoms with Gasteiger partial charge >= 0.3 is 0 Å². The Kier molecular flexibility index (Phi) is 4.28. The fourth-order valence-electron chi connectivity index (χ4n) is 2.06. The summed E-state index contributed by atoms with van der Waals surface area (Å²) < 4.78 is 27.2. The summed E-state index contributed by atoms with van der Waals surface area (Å²) in [7, 11) is 0. The van der Waals surface area contributed by atoms with Crippen LogP contribution in [0.5, 0.6) is 0 Å². The molecule has 1 nitrogen and oxygen atoms in total. The highest BCUT2D eigenvalue weighted by molar-refractivity contribution is 6.09. The second kappa shape index (κ2) is 5.95. The van der Waals surface area contributed by atoms with Crippen molar-refractivity contribution in [1.82, 2.24) is 0 Å². The zero-order valence-corrected chi connectivity index (χ0v) is 11.5. The molecule has 0 N–H and O–H groups in total. The molecule has 3 heteroatoms. The third-order valence-electron chi connectivity index (χ3n) is 3.54. The van der Waals surface area contributed by atoms with Gasteiger partial charge in [0.2, 0.25) is 0 Å². The number of ketones is 1. The second-order valence-electron chi connectivity index (χ2n) is 4.86. The van der Waals surface area contributed by atoms with E-state index in [1.807, 2.05) is 12.1 Å². The van der Waals surface area contributed by atoms with Crippen LogP contribution in [0.25, 0.3) is 0 Å². The molecule has 1 unspecified atom stereocenters. The van der Waals surface area contributed by atoms with Crippen LogP contribution in [0.3, 0.4) is 0 Å². The third-order valence-corrected chi connectivity index (χ3v) is 3.54. The van der Waals surface area contributed by atoms with Crippen LogP contribution < -0.4 is 0 Å². The quantitative estimate of drug-likeness (QED) is 0.738. The molecular formula is C17H16F2O. The molecule has 2 rings (SSSR count). The van der Waals surface area contributed by atoms with Crippen molar-refractivity contribution in [2.45, 2.75) is 26.2 Å². The third kappa shape index (κ3) is 2.77. The molecule has 0 heterocycles. The molecule has 0 aromatic heterocycles. The molecule has 0 amide bonds. The minimum absolute atomic E-state index is 0.293. The van der Waals surface area contributed by atoms with Crippen molar-refractivity contribution in [2.75, 3.05) is 0 Å². The Morgan fingerprint density at radius 3 is 2.10 bits per heavy atom. The van der Waals surface area contributed by atoms with Crippen LogP contribution in [0.2, 0.25) is 0 Å². The fourth-order valence-corrected chi connectivity index (χ4v) is 2.06. The van der Waals surface area contributed by atoms with Crippen molar-refractivity contribution in [3.63, 3.8) is 0 Å². The highest BCUT2D eigenvalue weighted by Crippen LogP contribution is 2.21. The van der Waals surface area contributed by atoms with Gasteiger partial charge in [0.15, 0.2) is 5.78 Å². The first kappa shape index (κ1) is 14.4. The monoisotopic (exact) mass is 274 g/mol. The molecule has 2 aromatic carbocycles. The smallest absolute Gasteiger partial charge is 0.198 e. The van der Waals surface area contributed by atoms with Gasteiger partial charge in [-0.05, 0) is 30.0 Å². The lowest BCUT2D eigenvalue weighted by Gasteiger charge is -2.10. The standard InChI is InChI=1S/C17H16F2O/c1-3-11(2)12-7-9-13(10-8-12)17(20)16-14(18)5-4-6-15(16)19/h4-11H,3H2,1-2H3. The van der Waals surface area contributed by atoms with Gasteiger partial charge < -0.3 is 0 Å². The van der Waals surface area contributed by atoms with Crippen LogP contribution in [0.4, 0.5) is 8.78 Å². The second-order valence-corrected chi connectivity index (χ2v) is 4.86. The van der Waals surface area contributed by atoms with Crippen LogP contribution in [0.1, 0.15) is 47.7 Å². The van der Waals surface area contributed by atoms with E-state index in [0.717, 1.165) is 24.1 Å². The summed E-state index contributed by atoms with van der Waals surface area (Å²) in [4.78, 5) is 12.2. The van der Waals surface area contributed by atoms with E-state index in [-0.39, 0.29) is 0 Å². The number of carbonyl (C=O) groups is 1. The Hall–Kier alpha value is -2.03. The largest absolute Gasteiger partial charge is 0.288 e. The molecule has 0 aliphatic carbocycles. The average molecular weight is 274 g/mol. The van der Waals surface area contributed by atoms with Gasteiger partial charge in [-0.3, -0.25) is 4.79 Å². The number of carbonyl (C=O) groups excluding carboxylic acids is 1. The molecule has 104 valence electrons. The van der Waals surface area contributed by atoms with Gasteiger partial charge in [-0.2, -0.15) is 0 Å². The zero-order chi connectivity index (χ0) is 14.7. The Morgan fingerprint density at radius 1 is 1.05 bits per heavy atom. The molecule has 1 atom stereocenters. The topological polar surface area (TPSA) is 17.1 Å². The summed E-state index contributed by atoms with van der Waals surface area (Å²) >= 11 is 0. The molecule has 0 bridgehead atoms. The normalized spacial score (nSPS) is 12.2. The Labute approximate surface area is 117 Å². The number of hydrogen-bond acceptors (Lipinski definition) is 1. The van der Waals surface area contributed by atoms with E-state index < -0.39 is 23.0 Å². The van der Waals surface area contributed by atoms with Crippen molar-refractivity contribution in [1.29, 1.82) is 0 Å². The minimum Gasteiger partial charge on any atom is -0.288 e. The highest BCUT2D eigenvalue weighted by atomic mass is 19.1. The molecule has 0 aliphatic rings. The number of hydrogen-bond donors (Lipinski definition) is 0. The number of rotatable bonds is 4. The van der Waals surface area contributed by atoms with E-state index in [1.54, 1.807) is 12.1 Å². The first-order valence-electron chi connectivity index (χ1n) is 6.63. The van der Waals surface area contributed by atoms with Crippen LogP contribution >= 0.6 is 0 Å². The highest BCUT2D eigenvalue weighted by Gasteiger charge is 2.18. The Balaban J connectivity index is 2.35.